The summed E-state index contributed by atoms with van der Waals surface area (Å²) in [7, 11) is -3.77. The van der Waals surface area contributed by atoms with Gasteiger partial charge < -0.3 is 4.98 Å². The largest absolute Gasteiger partial charge is 0.349 e. The van der Waals surface area contributed by atoms with Crippen molar-refractivity contribution in [3.63, 3.8) is 0 Å². The lowest BCUT2D eigenvalue weighted by molar-refractivity contribution is 0.479. The molecule has 0 saturated carbocycles. The molecular formula is C9H16N2O3S. The molecule has 0 radical (unpaired) electrons. The zero-order valence-electron chi connectivity index (χ0n) is 8.52. The summed E-state index contributed by atoms with van der Waals surface area (Å²) in [5.41, 5.74) is 0. The Morgan fingerprint density at radius 3 is 2.60 bits per heavy atom. The van der Waals surface area contributed by atoms with Gasteiger partial charge in [-0.3, -0.25) is 4.55 Å². The fourth-order valence-electron chi connectivity index (χ4n) is 1.37. The highest BCUT2D eigenvalue weighted by atomic mass is 32.2. The van der Waals surface area contributed by atoms with E-state index in [-0.39, 0.29) is 5.75 Å². The van der Waals surface area contributed by atoms with Crippen molar-refractivity contribution in [1.82, 2.24) is 9.97 Å². The highest BCUT2D eigenvalue weighted by Crippen LogP contribution is 2.05. The topological polar surface area (TPSA) is 83.1 Å². The number of imidazole rings is 1. The van der Waals surface area contributed by atoms with Crippen molar-refractivity contribution in [1.29, 1.82) is 0 Å². The molecule has 0 unspecified atom stereocenters. The molecule has 0 saturated heterocycles. The Bertz CT molecular complexity index is 359. The standard InChI is InChI=1S/C9H16N2O3S/c12-15(13,14)8-4-2-1-3-5-9-10-6-7-11-9/h6-7H,1-5,8H2,(H,10,11)(H,12,13,14). The number of aromatic amines is 1. The Hall–Kier alpha value is -0.880. The van der Waals surface area contributed by atoms with Crippen LogP contribution in [0.1, 0.15) is 31.5 Å². The third kappa shape index (κ3) is 6.24. The molecule has 2 N–H and O–H groups in total. The summed E-state index contributed by atoms with van der Waals surface area (Å²) in [6, 6.07) is 0. The number of nitrogens with zero attached hydrogens (tertiary/aromatic N) is 1. The first kappa shape index (κ1) is 12.2. The molecule has 0 aromatic carbocycles. The number of rotatable bonds is 7. The summed E-state index contributed by atoms with van der Waals surface area (Å²) >= 11 is 0. The Kier molecular flexibility index (Phi) is 4.77. The van der Waals surface area contributed by atoms with Gasteiger partial charge in [0.1, 0.15) is 5.82 Å². The Morgan fingerprint density at radius 2 is 2.00 bits per heavy atom. The second kappa shape index (κ2) is 5.87. The minimum absolute atomic E-state index is 0.131. The molecular weight excluding hydrogens is 216 g/mol. The van der Waals surface area contributed by atoms with Gasteiger partial charge in [0.25, 0.3) is 10.1 Å². The van der Waals surface area contributed by atoms with E-state index in [0.29, 0.717) is 6.42 Å². The van der Waals surface area contributed by atoms with Crippen LogP contribution in [-0.2, 0) is 16.5 Å². The van der Waals surface area contributed by atoms with E-state index in [9.17, 15) is 8.42 Å². The van der Waals surface area contributed by atoms with Gasteiger partial charge >= 0.3 is 0 Å². The highest BCUT2D eigenvalue weighted by Gasteiger charge is 2.03. The maximum absolute atomic E-state index is 10.4. The number of aromatic nitrogens is 2. The van der Waals surface area contributed by atoms with Gasteiger partial charge in [0.2, 0.25) is 0 Å². The van der Waals surface area contributed by atoms with Gasteiger partial charge in [0.15, 0.2) is 0 Å². The van der Waals surface area contributed by atoms with Crippen LogP contribution in [0.25, 0.3) is 0 Å². The molecule has 0 aliphatic heterocycles. The quantitative estimate of drug-likeness (QED) is 0.550. The molecule has 0 atom stereocenters. The monoisotopic (exact) mass is 232 g/mol. The minimum Gasteiger partial charge on any atom is -0.349 e. The van der Waals surface area contributed by atoms with Gasteiger partial charge in [0.05, 0.1) is 5.75 Å². The van der Waals surface area contributed by atoms with Crippen LogP contribution in [-0.4, -0.2) is 28.7 Å². The zero-order valence-corrected chi connectivity index (χ0v) is 9.33. The Labute approximate surface area is 89.7 Å². The van der Waals surface area contributed by atoms with Crippen LogP contribution in [0.15, 0.2) is 12.4 Å². The maximum Gasteiger partial charge on any atom is 0.264 e. The number of H-pyrrole nitrogens is 1. The van der Waals surface area contributed by atoms with E-state index in [4.69, 9.17) is 4.55 Å². The van der Waals surface area contributed by atoms with Crippen LogP contribution < -0.4 is 0 Å². The molecule has 1 heterocycles. The fourth-order valence-corrected chi connectivity index (χ4v) is 1.93. The fraction of sp³-hybridized carbons (Fsp3) is 0.667. The molecule has 5 nitrogen and oxygen atoms in total. The van der Waals surface area contributed by atoms with Crippen molar-refractivity contribution >= 4 is 10.1 Å². The van der Waals surface area contributed by atoms with Crippen molar-refractivity contribution < 1.29 is 13.0 Å². The number of nitrogens with one attached hydrogen (secondary N) is 1. The van der Waals surface area contributed by atoms with Crippen molar-refractivity contribution in [2.24, 2.45) is 0 Å². The normalized spacial score (nSPS) is 11.8. The van der Waals surface area contributed by atoms with Gasteiger partial charge in [-0.15, -0.1) is 0 Å². The summed E-state index contributed by atoms with van der Waals surface area (Å²) in [5, 5.41) is 0. The van der Waals surface area contributed by atoms with Crippen LogP contribution in [0.5, 0.6) is 0 Å². The molecule has 0 aliphatic rings. The summed E-state index contributed by atoms with van der Waals surface area (Å²) in [6.45, 7) is 0. The molecule has 0 bridgehead atoms. The van der Waals surface area contributed by atoms with Crippen molar-refractivity contribution in [2.45, 2.75) is 32.1 Å². The van der Waals surface area contributed by atoms with E-state index in [1.807, 2.05) is 0 Å². The molecule has 1 aromatic rings. The van der Waals surface area contributed by atoms with Gasteiger partial charge in [-0.05, 0) is 12.8 Å². The third-order valence-electron chi connectivity index (χ3n) is 2.12. The van der Waals surface area contributed by atoms with Crippen LogP contribution in [0, 0.1) is 0 Å². The van der Waals surface area contributed by atoms with Gasteiger partial charge in [-0.25, -0.2) is 4.98 Å². The molecule has 0 spiro atoms. The van der Waals surface area contributed by atoms with E-state index in [1.165, 1.54) is 0 Å². The van der Waals surface area contributed by atoms with Gasteiger partial charge in [-0.2, -0.15) is 8.42 Å². The van der Waals surface area contributed by atoms with Crippen LogP contribution in [0.4, 0.5) is 0 Å². The average Bonchev–Trinajstić information content (AvgIpc) is 2.61. The van der Waals surface area contributed by atoms with Crippen LogP contribution in [0.2, 0.25) is 0 Å². The maximum atomic E-state index is 10.4. The summed E-state index contributed by atoms with van der Waals surface area (Å²) in [4.78, 5) is 7.09. The van der Waals surface area contributed by atoms with E-state index >= 15 is 0 Å². The average molecular weight is 232 g/mol. The predicted octanol–water partition coefficient (Wildman–Crippen LogP) is 1.40. The van der Waals surface area contributed by atoms with E-state index < -0.39 is 10.1 Å². The lowest BCUT2D eigenvalue weighted by Gasteiger charge is -1.98. The highest BCUT2D eigenvalue weighted by molar-refractivity contribution is 7.85. The number of hydrogen-bond donors (Lipinski definition) is 2. The van der Waals surface area contributed by atoms with E-state index in [2.05, 4.69) is 9.97 Å². The predicted molar refractivity (Wildman–Crippen MR) is 57.2 cm³/mol. The zero-order chi connectivity index (χ0) is 11.1. The smallest absolute Gasteiger partial charge is 0.264 e. The molecule has 0 amide bonds. The van der Waals surface area contributed by atoms with Crippen LogP contribution in [0.3, 0.4) is 0 Å². The summed E-state index contributed by atoms with van der Waals surface area (Å²) in [6.07, 6.45) is 7.67. The van der Waals surface area contributed by atoms with Crippen molar-refractivity contribution in [2.75, 3.05) is 5.75 Å². The minimum atomic E-state index is -3.77. The first-order chi connectivity index (χ1) is 7.08. The second-order valence-corrected chi connectivity index (χ2v) is 5.06. The summed E-state index contributed by atoms with van der Waals surface area (Å²) in [5.74, 6) is 0.832. The van der Waals surface area contributed by atoms with Crippen molar-refractivity contribution in [3.8, 4) is 0 Å². The molecule has 1 rings (SSSR count). The van der Waals surface area contributed by atoms with Gasteiger partial charge in [0, 0.05) is 18.8 Å². The van der Waals surface area contributed by atoms with E-state index in [0.717, 1.165) is 31.5 Å². The third-order valence-corrected chi connectivity index (χ3v) is 2.93. The Morgan fingerprint density at radius 1 is 1.27 bits per heavy atom. The van der Waals surface area contributed by atoms with Crippen LogP contribution >= 0.6 is 0 Å². The molecule has 6 heteroatoms. The lowest BCUT2D eigenvalue weighted by atomic mass is 10.1. The number of hydrogen-bond acceptors (Lipinski definition) is 3. The molecule has 0 aliphatic carbocycles. The molecule has 86 valence electrons. The first-order valence-corrected chi connectivity index (χ1v) is 6.62. The first-order valence-electron chi connectivity index (χ1n) is 5.01. The van der Waals surface area contributed by atoms with E-state index in [1.54, 1.807) is 12.4 Å². The molecule has 1 aromatic heterocycles. The van der Waals surface area contributed by atoms with Crippen molar-refractivity contribution in [3.05, 3.63) is 18.2 Å². The Balaban J connectivity index is 1.99. The SMILES string of the molecule is O=S(=O)(O)CCCCCCc1ncc[nH]1. The second-order valence-electron chi connectivity index (χ2n) is 3.49. The molecule has 0 fully saturated rings. The molecule has 15 heavy (non-hydrogen) atoms. The number of unbranched alkanes of at least 4 members (excludes halogenated alkanes) is 3. The number of aryl methyl sites for hydroxylation is 1. The summed E-state index contributed by atoms with van der Waals surface area (Å²) < 4.78 is 29.3. The lowest BCUT2D eigenvalue weighted by Crippen LogP contribution is -2.03. The van der Waals surface area contributed by atoms with Gasteiger partial charge in [-0.1, -0.05) is 12.8 Å².